The number of nitriles is 1. The van der Waals surface area contributed by atoms with E-state index >= 15 is 0 Å². The lowest BCUT2D eigenvalue weighted by Crippen LogP contribution is -2.00. The van der Waals surface area contributed by atoms with Gasteiger partial charge in [-0.3, -0.25) is 0 Å². The average Bonchev–Trinajstić information content (AvgIpc) is 3.49. The molecule has 4 heterocycles. The fraction of sp³-hybridized carbons (Fsp3) is 0. The number of hydrogen-bond donors (Lipinski definition) is 0. The molecular formula is C31H15N7. The van der Waals surface area contributed by atoms with Crippen LogP contribution in [0.2, 0.25) is 0 Å². The Morgan fingerprint density at radius 1 is 0.605 bits per heavy atom. The molecule has 0 fully saturated rings. The van der Waals surface area contributed by atoms with E-state index < -0.39 is 0 Å². The fourth-order valence-corrected chi connectivity index (χ4v) is 5.31. The summed E-state index contributed by atoms with van der Waals surface area (Å²) in [5, 5.41) is 13.9. The first-order valence-corrected chi connectivity index (χ1v) is 11.8. The maximum Gasteiger partial charge on any atom is 0.270 e. The van der Waals surface area contributed by atoms with Crippen molar-refractivity contribution in [3.05, 3.63) is 120 Å². The summed E-state index contributed by atoms with van der Waals surface area (Å²) in [6.07, 6.45) is 3.44. The quantitative estimate of drug-likeness (QED) is 0.236. The Kier molecular flexibility index (Phi) is 4.51. The Morgan fingerprint density at radius 2 is 1.08 bits per heavy atom. The van der Waals surface area contributed by atoms with Gasteiger partial charge in [-0.05, 0) is 42.5 Å². The molecular weight excluding hydrogens is 470 g/mol. The predicted octanol–water partition coefficient (Wildman–Crippen LogP) is 7.64. The molecule has 0 atom stereocenters. The highest BCUT2D eigenvalue weighted by Gasteiger charge is 2.18. The molecule has 174 valence electrons. The number of pyridine rings is 2. The first-order valence-electron chi connectivity index (χ1n) is 11.8. The second-order valence-corrected chi connectivity index (χ2v) is 8.90. The molecule has 0 saturated carbocycles. The molecule has 38 heavy (non-hydrogen) atoms. The van der Waals surface area contributed by atoms with Gasteiger partial charge in [0, 0.05) is 32.9 Å². The van der Waals surface area contributed by atoms with Gasteiger partial charge < -0.3 is 18.8 Å². The van der Waals surface area contributed by atoms with Gasteiger partial charge in [-0.15, -0.1) is 9.97 Å². The highest BCUT2D eigenvalue weighted by atomic mass is 15.0. The molecule has 0 aliphatic rings. The third kappa shape index (κ3) is 2.99. The Bertz CT molecular complexity index is 2080. The van der Waals surface area contributed by atoms with Crippen molar-refractivity contribution in [2.45, 2.75) is 0 Å². The number of rotatable bonds is 2. The molecule has 0 bridgehead atoms. The van der Waals surface area contributed by atoms with Gasteiger partial charge >= 0.3 is 0 Å². The molecule has 3 aromatic carbocycles. The van der Waals surface area contributed by atoms with Gasteiger partial charge in [-0.2, -0.15) is 5.26 Å². The Labute approximate surface area is 216 Å². The van der Waals surface area contributed by atoms with Gasteiger partial charge in [0.25, 0.3) is 11.6 Å². The zero-order chi connectivity index (χ0) is 25.8. The van der Waals surface area contributed by atoms with Crippen LogP contribution in [-0.2, 0) is 0 Å². The summed E-state index contributed by atoms with van der Waals surface area (Å²) in [5.74, 6) is 0.673. The molecule has 7 nitrogen and oxygen atoms in total. The van der Waals surface area contributed by atoms with Crippen molar-refractivity contribution in [1.29, 1.82) is 5.26 Å². The van der Waals surface area contributed by atoms with Gasteiger partial charge in [-0.1, -0.05) is 49.5 Å². The Balaban J connectivity index is 1.58. The summed E-state index contributed by atoms with van der Waals surface area (Å²) < 4.78 is 4.16. The fourth-order valence-electron chi connectivity index (χ4n) is 5.31. The van der Waals surface area contributed by atoms with Gasteiger partial charge in [0.05, 0.1) is 33.7 Å². The Morgan fingerprint density at radius 3 is 1.53 bits per heavy atom. The van der Waals surface area contributed by atoms with Crippen LogP contribution in [0.1, 0.15) is 5.56 Å². The highest BCUT2D eigenvalue weighted by Crippen LogP contribution is 2.37. The molecule has 0 saturated heterocycles. The van der Waals surface area contributed by atoms with Crippen LogP contribution < -0.4 is 0 Å². The van der Waals surface area contributed by atoms with Gasteiger partial charge in [0.2, 0.25) is 0 Å². The smallest absolute Gasteiger partial charge is 0.270 e. The van der Waals surface area contributed by atoms with Gasteiger partial charge in [0.1, 0.15) is 12.4 Å². The molecule has 0 spiro atoms. The third-order valence-electron chi connectivity index (χ3n) is 6.87. The standard InChI is InChI=1S/C31H15N7/c1-33-30-14-24-22-7-3-5-9-26(22)37(28(24)17-35-30)20-11-19(16-32)12-21(13-20)38-27-10-6-4-8-23(27)25-15-31(34-2)36-18-29(25)38/h3-15,17-18H. The lowest BCUT2D eigenvalue weighted by atomic mass is 10.1. The highest BCUT2D eigenvalue weighted by molar-refractivity contribution is 6.11. The molecule has 0 amide bonds. The predicted molar refractivity (Wildman–Crippen MR) is 148 cm³/mol. The van der Waals surface area contributed by atoms with Crippen LogP contribution in [-0.4, -0.2) is 19.1 Å². The van der Waals surface area contributed by atoms with Crippen molar-refractivity contribution >= 4 is 55.2 Å². The van der Waals surface area contributed by atoms with E-state index in [0.717, 1.165) is 55.0 Å². The first-order chi connectivity index (χ1) is 18.7. The van der Waals surface area contributed by atoms with Crippen LogP contribution in [0.15, 0.2) is 91.3 Å². The SMILES string of the molecule is [C-]#[N+]c1cc2c3ccccc3n(-c3cc(C#N)cc(-n4c5ccccc5c5cc([N+]#[C-])ncc54)c3)c2cn1. The number of benzene rings is 3. The van der Waals surface area contributed by atoms with Crippen molar-refractivity contribution in [2.24, 2.45) is 0 Å². The zero-order valence-corrected chi connectivity index (χ0v) is 19.8. The van der Waals surface area contributed by atoms with Crippen molar-refractivity contribution in [3.63, 3.8) is 0 Å². The summed E-state index contributed by atoms with van der Waals surface area (Å²) in [6, 6.07) is 27.7. The van der Waals surface area contributed by atoms with Gasteiger partial charge in [-0.25, -0.2) is 0 Å². The van der Waals surface area contributed by atoms with Crippen LogP contribution in [0.4, 0.5) is 11.6 Å². The number of nitrogens with zero attached hydrogens (tertiary/aromatic N) is 7. The maximum atomic E-state index is 10.0. The summed E-state index contributed by atoms with van der Waals surface area (Å²) in [5.41, 5.74) is 5.73. The van der Waals surface area contributed by atoms with Gasteiger partial charge in [0.15, 0.2) is 0 Å². The van der Waals surface area contributed by atoms with Crippen molar-refractivity contribution in [1.82, 2.24) is 19.1 Å². The van der Waals surface area contributed by atoms with E-state index in [1.54, 1.807) is 12.4 Å². The summed E-state index contributed by atoms with van der Waals surface area (Å²) in [7, 11) is 0. The maximum absolute atomic E-state index is 10.0. The zero-order valence-electron chi connectivity index (χ0n) is 19.8. The second-order valence-electron chi connectivity index (χ2n) is 8.90. The first kappa shape index (κ1) is 21.3. The average molecular weight is 486 g/mol. The summed E-state index contributed by atoms with van der Waals surface area (Å²) in [6.45, 7) is 14.8. The van der Waals surface area contributed by atoms with E-state index in [4.69, 9.17) is 13.1 Å². The monoisotopic (exact) mass is 485 g/mol. The normalized spacial score (nSPS) is 11.1. The van der Waals surface area contributed by atoms with E-state index in [-0.39, 0.29) is 0 Å². The van der Waals surface area contributed by atoms with Crippen molar-refractivity contribution in [3.8, 4) is 17.4 Å². The van der Waals surface area contributed by atoms with Crippen molar-refractivity contribution in [2.75, 3.05) is 0 Å². The Hall–Kier alpha value is -5.97. The topological polar surface area (TPSA) is 68.2 Å². The second kappa shape index (κ2) is 8.03. The number of aromatic nitrogens is 4. The van der Waals surface area contributed by atoms with Crippen molar-refractivity contribution < 1.29 is 0 Å². The van der Waals surface area contributed by atoms with Crippen LogP contribution in [0.5, 0.6) is 0 Å². The van der Waals surface area contributed by atoms with E-state index in [2.05, 4.69) is 34.9 Å². The van der Waals surface area contributed by atoms with Crippen LogP contribution >= 0.6 is 0 Å². The van der Waals surface area contributed by atoms with E-state index in [0.29, 0.717) is 17.2 Å². The molecule has 0 N–H and O–H groups in total. The summed E-state index contributed by atoms with van der Waals surface area (Å²) in [4.78, 5) is 15.7. The number of fused-ring (bicyclic) bond motifs is 6. The minimum Gasteiger partial charge on any atom is -0.361 e. The van der Waals surface area contributed by atoms with E-state index in [9.17, 15) is 5.26 Å². The van der Waals surface area contributed by atoms with Crippen LogP contribution in [0.25, 0.3) is 64.7 Å². The minimum absolute atomic E-state index is 0.337. The third-order valence-corrected chi connectivity index (χ3v) is 6.87. The molecule has 0 radical (unpaired) electrons. The lowest BCUT2D eigenvalue weighted by molar-refractivity contribution is 1.12. The molecule has 7 rings (SSSR count). The van der Waals surface area contributed by atoms with E-state index in [1.165, 1.54) is 0 Å². The minimum atomic E-state index is 0.337. The lowest BCUT2D eigenvalue weighted by Gasteiger charge is -2.13. The largest absolute Gasteiger partial charge is 0.361 e. The molecule has 7 heteroatoms. The van der Waals surface area contributed by atoms with Crippen LogP contribution in [0.3, 0.4) is 0 Å². The molecule has 7 aromatic rings. The number of hydrogen-bond acceptors (Lipinski definition) is 3. The summed E-state index contributed by atoms with van der Waals surface area (Å²) >= 11 is 0. The number of para-hydroxylation sites is 2. The molecule has 4 aromatic heterocycles. The molecule has 0 aliphatic heterocycles. The molecule has 0 unspecified atom stereocenters. The molecule has 0 aliphatic carbocycles. The van der Waals surface area contributed by atoms with E-state index in [1.807, 2.05) is 78.9 Å². The van der Waals surface area contributed by atoms with Crippen LogP contribution in [0, 0.1) is 24.5 Å².